The van der Waals surface area contributed by atoms with Crippen molar-refractivity contribution in [2.75, 3.05) is 44.2 Å². The predicted octanol–water partition coefficient (Wildman–Crippen LogP) is 1.73. The molecular formula is C22H29N5O. The normalized spacial score (nSPS) is 27.5. The SMILES string of the molecule is O[C@H]1[C@H](N2CCCN(c3ncccn3)CC2)c2ccccc2C12CCNCC2. The highest BCUT2D eigenvalue weighted by atomic mass is 16.3. The van der Waals surface area contributed by atoms with Gasteiger partial charge in [-0.25, -0.2) is 9.97 Å². The number of anilines is 1. The van der Waals surface area contributed by atoms with Crippen molar-refractivity contribution in [1.29, 1.82) is 0 Å². The number of benzene rings is 1. The molecule has 6 nitrogen and oxygen atoms in total. The van der Waals surface area contributed by atoms with Crippen LogP contribution in [0.15, 0.2) is 42.7 Å². The summed E-state index contributed by atoms with van der Waals surface area (Å²) in [4.78, 5) is 13.6. The first-order chi connectivity index (χ1) is 13.8. The van der Waals surface area contributed by atoms with Crippen LogP contribution in [0.4, 0.5) is 5.95 Å². The Hall–Kier alpha value is -2.02. The molecule has 0 unspecified atom stereocenters. The van der Waals surface area contributed by atoms with Crippen LogP contribution < -0.4 is 10.2 Å². The third kappa shape index (κ3) is 2.91. The largest absolute Gasteiger partial charge is 0.390 e. The van der Waals surface area contributed by atoms with Crippen molar-refractivity contribution in [2.24, 2.45) is 0 Å². The van der Waals surface area contributed by atoms with E-state index in [4.69, 9.17) is 0 Å². The van der Waals surface area contributed by atoms with Crippen LogP contribution in [0.5, 0.6) is 0 Å². The van der Waals surface area contributed by atoms with E-state index in [0.29, 0.717) is 0 Å². The van der Waals surface area contributed by atoms with E-state index in [1.165, 1.54) is 11.1 Å². The smallest absolute Gasteiger partial charge is 0.225 e. The van der Waals surface area contributed by atoms with Gasteiger partial charge in [0.05, 0.1) is 12.1 Å². The molecule has 6 heteroatoms. The lowest BCUT2D eigenvalue weighted by Crippen LogP contribution is -2.49. The lowest BCUT2D eigenvalue weighted by Gasteiger charge is -2.40. The van der Waals surface area contributed by atoms with Gasteiger partial charge in [0.1, 0.15) is 0 Å². The van der Waals surface area contributed by atoms with Crippen molar-refractivity contribution in [3.05, 3.63) is 53.9 Å². The maximum Gasteiger partial charge on any atom is 0.225 e. The topological polar surface area (TPSA) is 64.5 Å². The maximum atomic E-state index is 11.6. The van der Waals surface area contributed by atoms with Gasteiger partial charge < -0.3 is 15.3 Å². The summed E-state index contributed by atoms with van der Waals surface area (Å²) in [5, 5.41) is 15.1. The molecule has 2 aliphatic heterocycles. The second kappa shape index (κ2) is 7.43. The first-order valence-corrected chi connectivity index (χ1v) is 10.5. The molecular weight excluding hydrogens is 350 g/mol. The van der Waals surface area contributed by atoms with E-state index in [1.807, 2.05) is 18.5 Å². The molecule has 0 amide bonds. The molecule has 2 atom stereocenters. The van der Waals surface area contributed by atoms with Crippen molar-refractivity contribution in [3.8, 4) is 0 Å². The van der Waals surface area contributed by atoms with Gasteiger partial charge in [-0.3, -0.25) is 4.90 Å². The van der Waals surface area contributed by atoms with Gasteiger partial charge in [0.15, 0.2) is 0 Å². The Morgan fingerprint density at radius 1 is 0.964 bits per heavy atom. The van der Waals surface area contributed by atoms with Gasteiger partial charge in [0, 0.05) is 44.0 Å². The maximum absolute atomic E-state index is 11.6. The van der Waals surface area contributed by atoms with Crippen LogP contribution >= 0.6 is 0 Å². The molecule has 2 saturated heterocycles. The third-order valence-electron chi connectivity index (χ3n) is 6.94. The zero-order valence-electron chi connectivity index (χ0n) is 16.3. The molecule has 1 aromatic carbocycles. The minimum Gasteiger partial charge on any atom is -0.390 e. The van der Waals surface area contributed by atoms with Crippen LogP contribution in [0.3, 0.4) is 0 Å². The lowest BCUT2D eigenvalue weighted by atomic mass is 9.72. The van der Waals surface area contributed by atoms with E-state index >= 15 is 0 Å². The summed E-state index contributed by atoms with van der Waals surface area (Å²) in [6.07, 6.45) is 6.36. The van der Waals surface area contributed by atoms with Gasteiger partial charge in [-0.1, -0.05) is 24.3 Å². The quantitative estimate of drug-likeness (QED) is 0.829. The number of aromatic nitrogens is 2. The molecule has 0 bridgehead atoms. The molecule has 2 fully saturated rings. The summed E-state index contributed by atoms with van der Waals surface area (Å²) in [5.41, 5.74) is 2.61. The molecule has 5 rings (SSSR count). The van der Waals surface area contributed by atoms with E-state index in [2.05, 4.69) is 49.4 Å². The first-order valence-electron chi connectivity index (χ1n) is 10.5. The van der Waals surface area contributed by atoms with E-state index in [0.717, 1.165) is 64.5 Å². The van der Waals surface area contributed by atoms with Gasteiger partial charge in [0.25, 0.3) is 0 Å². The molecule has 148 valence electrons. The average molecular weight is 380 g/mol. The highest BCUT2D eigenvalue weighted by Crippen LogP contribution is 2.52. The summed E-state index contributed by atoms with van der Waals surface area (Å²) >= 11 is 0. The van der Waals surface area contributed by atoms with Crippen LogP contribution in [0.2, 0.25) is 0 Å². The van der Waals surface area contributed by atoms with Gasteiger partial charge in [-0.15, -0.1) is 0 Å². The Balaban J connectivity index is 1.41. The first kappa shape index (κ1) is 18.0. The number of hydrogen-bond donors (Lipinski definition) is 2. The number of piperidine rings is 1. The van der Waals surface area contributed by atoms with Crippen molar-refractivity contribution in [1.82, 2.24) is 20.2 Å². The predicted molar refractivity (Wildman–Crippen MR) is 109 cm³/mol. The van der Waals surface area contributed by atoms with E-state index < -0.39 is 0 Å². The van der Waals surface area contributed by atoms with Crippen LogP contribution in [0, 0.1) is 0 Å². The van der Waals surface area contributed by atoms with Crippen molar-refractivity contribution in [2.45, 2.75) is 36.8 Å². The summed E-state index contributed by atoms with van der Waals surface area (Å²) in [6.45, 7) is 5.73. The van der Waals surface area contributed by atoms with Crippen molar-refractivity contribution >= 4 is 5.95 Å². The van der Waals surface area contributed by atoms with E-state index in [9.17, 15) is 5.11 Å². The van der Waals surface area contributed by atoms with Crippen LogP contribution in [0.25, 0.3) is 0 Å². The van der Waals surface area contributed by atoms with Gasteiger partial charge in [0.2, 0.25) is 5.95 Å². The second-order valence-electron chi connectivity index (χ2n) is 8.31. The Morgan fingerprint density at radius 3 is 2.57 bits per heavy atom. The van der Waals surface area contributed by atoms with Crippen LogP contribution in [-0.2, 0) is 5.41 Å². The standard InChI is InChI=1S/C22H29N5O/c28-20-19(17-5-1-2-6-18(17)22(20)7-11-23-12-8-22)26-13-4-14-27(16-15-26)21-24-9-3-10-25-21/h1-3,5-6,9-10,19-20,23,28H,4,7-8,11-16H2/t19-,20+/m1/s1. The fourth-order valence-corrected chi connectivity index (χ4v) is 5.54. The molecule has 1 spiro atoms. The molecule has 3 heterocycles. The highest BCUT2D eigenvalue weighted by Gasteiger charge is 2.53. The molecule has 0 radical (unpaired) electrons. The minimum atomic E-state index is -0.341. The number of nitrogens with one attached hydrogen (secondary N) is 1. The number of aliphatic hydroxyl groups excluding tert-OH is 1. The molecule has 28 heavy (non-hydrogen) atoms. The Labute approximate surface area is 166 Å². The van der Waals surface area contributed by atoms with Gasteiger partial charge >= 0.3 is 0 Å². The Kier molecular flexibility index (Phi) is 4.78. The molecule has 0 saturated carbocycles. The van der Waals surface area contributed by atoms with Gasteiger partial charge in [-0.05, 0) is 49.5 Å². The molecule has 1 aromatic heterocycles. The molecule has 2 N–H and O–H groups in total. The minimum absolute atomic E-state index is 0.0888. The number of aliphatic hydroxyl groups is 1. The van der Waals surface area contributed by atoms with Crippen molar-refractivity contribution in [3.63, 3.8) is 0 Å². The molecule has 3 aliphatic rings. The lowest BCUT2D eigenvalue weighted by molar-refractivity contribution is 0.000245. The number of hydrogen-bond acceptors (Lipinski definition) is 6. The second-order valence-corrected chi connectivity index (χ2v) is 8.31. The monoisotopic (exact) mass is 379 g/mol. The highest BCUT2D eigenvalue weighted by molar-refractivity contribution is 5.45. The summed E-state index contributed by atoms with van der Waals surface area (Å²) in [5.74, 6) is 0.812. The van der Waals surface area contributed by atoms with Gasteiger partial charge in [-0.2, -0.15) is 0 Å². The summed E-state index contributed by atoms with van der Waals surface area (Å²) in [7, 11) is 0. The fourth-order valence-electron chi connectivity index (χ4n) is 5.54. The zero-order valence-corrected chi connectivity index (χ0v) is 16.3. The van der Waals surface area contributed by atoms with E-state index in [1.54, 1.807) is 0 Å². The summed E-state index contributed by atoms with van der Waals surface area (Å²) in [6, 6.07) is 10.7. The molecule has 2 aromatic rings. The van der Waals surface area contributed by atoms with Crippen LogP contribution in [0.1, 0.15) is 36.4 Å². The Bertz CT molecular complexity index is 808. The van der Waals surface area contributed by atoms with E-state index in [-0.39, 0.29) is 17.6 Å². The number of nitrogens with zero attached hydrogens (tertiary/aromatic N) is 4. The third-order valence-corrected chi connectivity index (χ3v) is 6.94. The average Bonchev–Trinajstić information content (AvgIpc) is 2.91. The summed E-state index contributed by atoms with van der Waals surface area (Å²) < 4.78 is 0. The van der Waals surface area contributed by atoms with Crippen molar-refractivity contribution < 1.29 is 5.11 Å². The number of fused-ring (bicyclic) bond motifs is 2. The molecule has 1 aliphatic carbocycles. The zero-order chi connectivity index (χ0) is 19.0. The Morgan fingerprint density at radius 2 is 1.75 bits per heavy atom. The fraction of sp³-hybridized carbons (Fsp3) is 0.545. The number of rotatable bonds is 2. The van der Waals surface area contributed by atoms with Crippen LogP contribution in [-0.4, -0.2) is 65.3 Å².